The van der Waals surface area contributed by atoms with Crippen LogP contribution >= 0.6 is 23.2 Å². The number of benzene rings is 2. The number of carbonyl (C=O) groups excluding carboxylic acids is 1. The van der Waals surface area contributed by atoms with E-state index in [-0.39, 0.29) is 22.0 Å². The number of aromatic hydroxyl groups is 1. The van der Waals surface area contributed by atoms with Gasteiger partial charge >= 0.3 is 5.97 Å². The number of carboxylic acids is 1. The van der Waals surface area contributed by atoms with Crippen molar-refractivity contribution in [1.29, 1.82) is 0 Å². The second-order valence-electron chi connectivity index (χ2n) is 4.53. The highest BCUT2D eigenvalue weighted by Gasteiger charge is 2.16. The Morgan fingerprint density at radius 2 is 1.70 bits per heavy atom. The molecule has 0 saturated carbocycles. The number of phenols is 1. The molecule has 5 nitrogen and oxygen atoms in total. The van der Waals surface area contributed by atoms with Crippen LogP contribution in [-0.2, 0) is 4.79 Å². The first kappa shape index (κ1) is 16.9. The highest BCUT2D eigenvalue weighted by atomic mass is 35.5. The molecule has 0 unspecified atom stereocenters. The number of hydrogen-bond donors (Lipinski definition) is 3. The predicted molar refractivity (Wildman–Crippen MR) is 87.6 cm³/mol. The molecular weight excluding hydrogens is 341 g/mol. The van der Waals surface area contributed by atoms with E-state index in [1.807, 2.05) is 0 Å². The van der Waals surface area contributed by atoms with Crippen LogP contribution in [0.25, 0.3) is 6.08 Å². The smallest absolute Gasteiger partial charge is 0.352 e. The molecule has 0 aliphatic rings. The summed E-state index contributed by atoms with van der Waals surface area (Å²) in [7, 11) is 0. The number of nitrogens with one attached hydrogen (secondary N) is 1. The van der Waals surface area contributed by atoms with E-state index in [9.17, 15) is 19.8 Å². The zero-order chi connectivity index (χ0) is 17.0. The molecule has 0 aliphatic carbocycles. The first-order valence-corrected chi connectivity index (χ1v) is 7.13. The molecule has 0 radical (unpaired) electrons. The molecule has 2 rings (SSSR count). The van der Waals surface area contributed by atoms with Gasteiger partial charge < -0.3 is 15.5 Å². The lowest BCUT2D eigenvalue weighted by Crippen LogP contribution is -2.27. The van der Waals surface area contributed by atoms with Gasteiger partial charge in [-0.05, 0) is 42.0 Å². The lowest BCUT2D eigenvalue weighted by atomic mass is 10.1. The minimum absolute atomic E-state index is 0.0519. The molecule has 3 N–H and O–H groups in total. The Morgan fingerprint density at radius 1 is 1.04 bits per heavy atom. The highest BCUT2D eigenvalue weighted by Crippen LogP contribution is 2.21. The highest BCUT2D eigenvalue weighted by molar-refractivity contribution is 6.36. The zero-order valence-corrected chi connectivity index (χ0v) is 13.1. The minimum atomic E-state index is -1.31. The van der Waals surface area contributed by atoms with E-state index < -0.39 is 11.9 Å². The summed E-state index contributed by atoms with van der Waals surface area (Å²) in [6, 6.07) is 10.1. The van der Waals surface area contributed by atoms with Gasteiger partial charge in [-0.2, -0.15) is 0 Å². The molecule has 0 spiro atoms. The van der Waals surface area contributed by atoms with Gasteiger partial charge in [-0.1, -0.05) is 35.3 Å². The van der Waals surface area contributed by atoms with Crippen molar-refractivity contribution in [2.75, 3.05) is 0 Å². The van der Waals surface area contributed by atoms with Gasteiger partial charge in [0.05, 0.1) is 10.6 Å². The molecule has 0 heterocycles. The third kappa shape index (κ3) is 4.48. The van der Waals surface area contributed by atoms with Crippen LogP contribution in [0.3, 0.4) is 0 Å². The van der Waals surface area contributed by atoms with Crippen molar-refractivity contribution in [3.05, 3.63) is 69.3 Å². The Bertz CT molecular complexity index is 785. The summed E-state index contributed by atoms with van der Waals surface area (Å²) < 4.78 is 0. The SMILES string of the molecule is O=C(O)C(=Cc1ccc(O)cc1)NC(=O)c1ccc(Cl)cc1Cl. The van der Waals surface area contributed by atoms with Gasteiger partial charge in [0.15, 0.2) is 0 Å². The van der Waals surface area contributed by atoms with E-state index in [0.717, 1.165) is 0 Å². The minimum Gasteiger partial charge on any atom is -0.508 e. The summed E-state index contributed by atoms with van der Waals surface area (Å²) in [5.41, 5.74) is 0.281. The van der Waals surface area contributed by atoms with Crippen LogP contribution in [-0.4, -0.2) is 22.1 Å². The maximum Gasteiger partial charge on any atom is 0.352 e. The molecule has 0 bridgehead atoms. The Balaban J connectivity index is 2.27. The number of carboxylic acid groups (broad SMARTS) is 1. The predicted octanol–water partition coefficient (Wildman–Crippen LogP) is 3.55. The average Bonchev–Trinajstić information content (AvgIpc) is 2.48. The van der Waals surface area contributed by atoms with Crippen molar-refractivity contribution >= 4 is 41.2 Å². The number of amides is 1. The lowest BCUT2D eigenvalue weighted by molar-refractivity contribution is -0.132. The van der Waals surface area contributed by atoms with Crippen LogP contribution in [0.15, 0.2) is 48.2 Å². The van der Waals surface area contributed by atoms with Crippen molar-refractivity contribution in [3.8, 4) is 5.75 Å². The van der Waals surface area contributed by atoms with E-state index in [1.54, 1.807) is 0 Å². The van der Waals surface area contributed by atoms with Gasteiger partial charge in [-0.25, -0.2) is 4.79 Å². The summed E-state index contributed by atoms with van der Waals surface area (Å²) in [6.45, 7) is 0. The maximum atomic E-state index is 12.2. The summed E-state index contributed by atoms with van der Waals surface area (Å²) in [5, 5.41) is 21.2. The van der Waals surface area contributed by atoms with Crippen LogP contribution in [0.4, 0.5) is 0 Å². The van der Waals surface area contributed by atoms with E-state index in [2.05, 4.69) is 5.32 Å². The second kappa shape index (κ2) is 7.17. The molecule has 2 aromatic carbocycles. The topological polar surface area (TPSA) is 86.6 Å². The van der Waals surface area contributed by atoms with Crippen molar-refractivity contribution in [1.82, 2.24) is 5.32 Å². The third-order valence-electron chi connectivity index (χ3n) is 2.86. The molecule has 0 saturated heterocycles. The Labute approximate surface area is 141 Å². The molecule has 0 aromatic heterocycles. The Kier molecular flexibility index (Phi) is 5.26. The largest absolute Gasteiger partial charge is 0.508 e. The number of carbonyl (C=O) groups is 2. The monoisotopic (exact) mass is 351 g/mol. The first-order chi connectivity index (χ1) is 10.9. The lowest BCUT2D eigenvalue weighted by Gasteiger charge is -2.08. The summed E-state index contributed by atoms with van der Waals surface area (Å²) >= 11 is 11.7. The fourth-order valence-electron chi connectivity index (χ4n) is 1.75. The van der Waals surface area contributed by atoms with Gasteiger partial charge in [0.1, 0.15) is 11.4 Å². The number of phenolic OH excluding ortho intramolecular Hbond substituents is 1. The zero-order valence-electron chi connectivity index (χ0n) is 11.6. The average molecular weight is 352 g/mol. The third-order valence-corrected chi connectivity index (χ3v) is 3.41. The van der Waals surface area contributed by atoms with E-state index in [1.165, 1.54) is 48.5 Å². The summed E-state index contributed by atoms with van der Waals surface area (Å²) in [5.74, 6) is -1.92. The number of rotatable bonds is 4. The first-order valence-electron chi connectivity index (χ1n) is 6.37. The van der Waals surface area contributed by atoms with Gasteiger partial charge in [0.25, 0.3) is 5.91 Å². The van der Waals surface area contributed by atoms with Crippen LogP contribution in [0, 0.1) is 0 Å². The standard InChI is InChI=1S/C16H11Cl2NO4/c17-10-3-6-12(13(18)8-10)15(21)19-14(16(22)23)7-9-1-4-11(20)5-2-9/h1-8,20H,(H,19,21)(H,22,23). The van der Waals surface area contributed by atoms with Gasteiger partial charge in [-0.3, -0.25) is 4.79 Å². The molecule has 1 amide bonds. The Hall–Kier alpha value is -2.50. The van der Waals surface area contributed by atoms with Crippen LogP contribution in [0.5, 0.6) is 5.75 Å². The molecule has 7 heteroatoms. The normalized spacial score (nSPS) is 11.1. The molecule has 0 fully saturated rings. The van der Waals surface area contributed by atoms with Crippen LogP contribution in [0.1, 0.15) is 15.9 Å². The van der Waals surface area contributed by atoms with Gasteiger partial charge in [0, 0.05) is 5.02 Å². The maximum absolute atomic E-state index is 12.2. The van der Waals surface area contributed by atoms with Crippen molar-refractivity contribution in [3.63, 3.8) is 0 Å². The molecular formula is C16H11Cl2NO4. The van der Waals surface area contributed by atoms with Crippen molar-refractivity contribution < 1.29 is 19.8 Å². The number of aliphatic carboxylic acids is 1. The Morgan fingerprint density at radius 3 is 2.26 bits per heavy atom. The van der Waals surface area contributed by atoms with Gasteiger partial charge in [-0.15, -0.1) is 0 Å². The number of hydrogen-bond acceptors (Lipinski definition) is 3. The quantitative estimate of drug-likeness (QED) is 0.735. The fraction of sp³-hybridized carbons (Fsp3) is 0. The van der Waals surface area contributed by atoms with Gasteiger partial charge in [0.2, 0.25) is 0 Å². The van der Waals surface area contributed by atoms with Crippen molar-refractivity contribution in [2.45, 2.75) is 0 Å². The molecule has 0 atom stereocenters. The molecule has 2 aromatic rings. The van der Waals surface area contributed by atoms with E-state index in [0.29, 0.717) is 10.6 Å². The van der Waals surface area contributed by atoms with E-state index in [4.69, 9.17) is 23.2 Å². The summed E-state index contributed by atoms with van der Waals surface area (Å²) in [6.07, 6.45) is 1.27. The fourth-order valence-corrected chi connectivity index (χ4v) is 2.25. The molecule has 118 valence electrons. The number of halogens is 2. The second-order valence-corrected chi connectivity index (χ2v) is 5.38. The molecule has 23 heavy (non-hydrogen) atoms. The van der Waals surface area contributed by atoms with Crippen LogP contribution in [0.2, 0.25) is 10.0 Å². The van der Waals surface area contributed by atoms with E-state index >= 15 is 0 Å². The molecule has 0 aliphatic heterocycles. The van der Waals surface area contributed by atoms with Crippen molar-refractivity contribution in [2.24, 2.45) is 0 Å². The summed E-state index contributed by atoms with van der Waals surface area (Å²) in [4.78, 5) is 23.4. The van der Waals surface area contributed by atoms with Crippen LogP contribution < -0.4 is 5.32 Å².